The van der Waals surface area contributed by atoms with Gasteiger partial charge in [0, 0.05) is 37.4 Å². The van der Waals surface area contributed by atoms with Crippen LogP contribution in [0, 0.1) is 5.92 Å². The number of nitrogens with one attached hydrogen (secondary N) is 1. The predicted octanol–water partition coefficient (Wildman–Crippen LogP) is 4.62. The zero-order chi connectivity index (χ0) is 22.2. The minimum Gasteiger partial charge on any atom is -0.436 e. The van der Waals surface area contributed by atoms with Crippen molar-refractivity contribution in [3.8, 4) is 11.6 Å². The Balaban J connectivity index is 1.28. The minimum atomic E-state index is 0.0283. The normalized spacial score (nSPS) is 15.2. The fourth-order valence-corrected chi connectivity index (χ4v) is 4.02. The van der Waals surface area contributed by atoms with Gasteiger partial charge in [0.15, 0.2) is 5.82 Å². The molecule has 166 valence electrons. The molecule has 1 aliphatic rings. The Bertz CT molecular complexity index is 989. The summed E-state index contributed by atoms with van der Waals surface area (Å²) >= 11 is 0. The number of hydrogen-bond acceptors (Lipinski definition) is 5. The van der Waals surface area contributed by atoms with E-state index < -0.39 is 0 Å². The number of anilines is 1. The molecule has 32 heavy (non-hydrogen) atoms. The molecule has 2 aromatic carbocycles. The fourth-order valence-electron chi connectivity index (χ4n) is 4.02. The first kappa shape index (κ1) is 21.8. The maximum atomic E-state index is 12.8. The second kappa shape index (κ2) is 10.8. The van der Waals surface area contributed by atoms with E-state index in [1.54, 1.807) is 12.4 Å². The molecule has 0 radical (unpaired) electrons. The summed E-state index contributed by atoms with van der Waals surface area (Å²) in [4.78, 5) is 23.8. The van der Waals surface area contributed by atoms with Crippen LogP contribution in [-0.2, 0) is 11.2 Å². The van der Waals surface area contributed by atoms with Gasteiger partial charge in [0.2, 0.25) is 5.91 Å². The van der Waals surface area contributed by atoms with Crippen LogP contribution in [0.3, 0.4) is 0 Å². The van der Waals surface area contributed by atoms with Crippen LogP contribution < -0.4 is 15.0 Å². The standard InChI is InChI=1S/C26H30N4O2/c1-20(12-13-21-8-4-2-5-9-21)29-25(31)22-14-18-30(19-15-22)24-26(28-17-16-27-24)32-23-10-6-3-7-11-23/h2-11,16-17,20,22H,12-15,18-19H2,1H3,(H,29,31)/t20-/m0/s1. The number of aromatic nitrogens is 2. The molecule has 3 aromatic rings. The summed E-state index contributed by atoms with van der Waals surface area (Å²) in [6, 6.07) is 20.2. The molecule has 1 aromatic heterocycles. The number of benzene rings is 2. The number of aryl methyl sites for hydroxylation is 1. The Kier molecular flexibility index (Phi) is 7.33. The number of amides is 1. The largest absolute Gasteiger partial charge is 0.436 e. The fraction of sp³-hybridized carbons (Fsp3) is 0.346. The molecule has 1 fully saturated rings. The number of hydrogen-bond donors (Lipinski definition) is 1. The molecule has 1 amide bonds. The van der Waals surface area contributed by atoms with E-state index in [0.717, 1.165) is 50.3 Å². The van der Waals surface area contributed by atoms with Gasteiger partial charge < -0.3 is 15.0 Å². The maximum Gasteiger partial charge on any atom is 0.263 e. The summed E-state index contributed by atoms with van der Waals surface area (Å²) in [5.41, 5.74) is 1.31. The molecular weight excluding hydrogens is 400 g/mol. The van der Waals surface area contributed by atoms with E-state index in [2.05, 4.69) is 51.4 Å². The van der Waals surface area contributed by atoms with Gasteiger partial charge in [-0.3, -0.25) is 4.79 Å². The van der Waals surface area contributed by atoms with Crippen molar-refractivity contribution in [2.75, 3.05) is 18.0 Å². The molecule has 1 atom stereocenters. The minimum absolute atomic E-state index is 0.0283. The number of para-hydroxylation sites is 1. The molecule has 6 heteroatoms. The molecule has 1 N–H and O–H groups in total. The summed E-state index contributed by atoms with van der Waals surface area (Å²) in [6.45, 7) is 3.59. The van der Waals surface area contributed by atoms with Gasteiger partial charge in [0.1, 0.15) is 5.75 Å². The van der Waals surface area contributed by atoms with E-state index in [1.807, 2.05) is 36.4 Å². The Morgan fingerprint density at radius 2 is 1.69 bits per heavy atom. The van der Waals surface area contributed by atoms with E-state index in [4.69, 9.17) is 4.74 Å². The van der Waals surface area contributed by atoms with Gasteiger partial charge in [-0.2, -0.15) is 0 Å². The third-order valence-corrected chi connectivity index (χ3v) is 5.87. The average molecular weight is 431 g/mol. The number of ether oxygens (including phenoxy) is 1. The van der Waals surface area contributed by atoms with E-state index in [0.29, 0.717) is 5.88 Å². The Labute approximate surface area is 189 Å². The van der Waals surface area contributed by atoms with Gasteiger partial charge in [0.05, 0.1) is 0 Å². The molecule has 0 bridgehead atoms. The highest BCUT2D eigenvalue weighted by atomic mass is 16.5. The highest BCUT2D eigenvalue weighted by Gasteiger charge is 2.28. The molecule has 4 rings (SSSR count). The first-order valence-electron chi connectivity index (χ1n) is 11.3. The van der Waals surface area contributed by atoms with E-state index >= 15 is 0 Å². The van der Waals surface area contributed by atoms with Crippen LogP contribution in [-0.4, -0.2) is 35.0 Å². The first-order valence-corrected chi connectivity index (χ1v) is 11.3. The van der Waals surface area contributed by atoms with E-state index in [9.17, 15) is 4.79 Å². The summed E-state index contributed by atoms with van der Waals surface area (Å²) < 4.78 is 5.96. The van der Waals surface area contributed by atoms with Crippen LogP contribution in [0.15, 0.2) is 73.1 Å². The lowest BCUT2D eigenvalue weighted by Crippen LogP contribution is -2.43. The lowest BCUT2D eigenvalue weighted by Gasteiger charge is -2.33. The number of rotatable bonds is 8. The van der Waals surface area contributed by atoms with Gasteiger partial charge >= 0.3 is 0 Å². The summed E-state index contributed by atoms with van der Waals surface area (Å²) in [5, 5.41) is 3.21. The van der Waals surface area contributed by atoms with Crippen molar-refractivity contribution in [3.05, 3.63) is 78.6 Å². The van der Waals surface area contributed by atoms with Crippen LogP contribution in [0.1, 0.15) is 31.7 Å². The predicted molar refractivity (Wildman–Crippen MR) is 126 cm³/mol. The van der Waals surface area contributed by atoms with Crippen LogP contribution >= 0.6 is 0 Å². The Morgan fingerprint density at radius 3 is 2.41 bits per heavy atom. The first-order chi connectivity index (χ1) is 15.7. The van der Waals surface area contributed by atoms with Gasteiger partial charge in [0.25, 0.3) is 5.88 Å². The molecule has 6 nitrogen and oxygen atoms in total. The molecule has 1 aliphatic heterocycles. The number of carbonyl (C=O) groups is 1. The number of carbonyl (C=O) groups excluding carboxylic acids is 1. The van der Waals surface area contributed by atoms with Crippen molar-refractivity contribution in [3.63, 3.8) is 0 Å². The maximum absolute atomic E-state index is 12.8. The highest BCUT2D eigenvalue weighted by molar-refractivity contribution is 5.79. The lowest BCUT2D eigenvalue weighted by atomic mass is 9.95. The van der Waals surface area contributed by atoms with Crippen molar-refractivity contribution in [1.82, 2.24) is 15.3 Å². The van der Waals surface area contributed by atoms with E-state index in [1.165, 1.54) is 5.56 Å². The van der Waals surface area contributed by atoms with Crippen LogP contribution in [0.25, 0.3) is 0 Å². The van der Waals surface area contributed by atoms with Crippen LogP contribution in [0.2, 0.25) is 0 Å². The van der Waals surface area contributed by atoms with Crippen LogP contribution in [0.4, 0.5) is 5.82 Å². The zero-order valence-electron chi connectivity index (χ0n) is 18.5. The Hall–Kier alpha value is -3.41. The quantitative estimate of drug-likeness (QED) is 0.565. The van der Waals surface area contributed by atoms with Gasteiger partial charge in [-0.25, -0.2) is 9.97 Å². The molecule has 0 spiro atoms. The molecule has 1 saturated heterocycles. The van der Waals surface area contributed by atoms with Crippen molar-refractivity contribution in [1.29, 1.82) is 0 Å². The van der Waals surface area contributed by atoms with Crippen molar-refractivity contribution in [2.45, 2.75) is 38.6 Å². The van der Waals surface area contributed by atoms with E-state index in [-0.39, 0.29) is 17.9 Å². The number of nitrogens with zero attached hydrogens (tertiary/aromatic N) is 3. The van der Waals surface area contributed by atoms with Crippen LogP contribution in [0.5, 0.6) is 11.6 Å². The lowest BCUT2D eigenvalue weighted by molar-refractivity contribution is -0.126. The zero-order valence-corrected chi connectivity index (χ0v) is 18.5. The Morgan fingerprint density at radius 1 is 1.03 bits per heavy atom. The number of piperidine rings is 1. The molecule has 0 unspecified atom stereocenters. The van der Waals surface area contributed by atoms with Crippen molar-refractivity contribution < 1.29 is 9.53 Å². The molecule has 2 heterocycles. The third kappa shape index (κ3) is 5.84. The summed E-state index contributed by atoms with van der Waals surface area (Å²) in [7, 11) is 0. The summed E-state index contributed by atoms with van der Waals surface area (Å²) in [6.07, 6.45) is 6.81. The third-order valence-electron chi connectivity index (χ3n) is 5.87. The molecule has 0 saturated carbocycles. The average Bonchev–Trinajstić information content (AvgIpc) is 2.84. The van der Waals surface area contributed by atoms with Gasteiger partial charge in [-0.1, -0.05) is 48.5 Å². The smallest absolute Gasteiger partial charge is 0.263 e. The van der Waals surface area contributed by atoms with Gasteiger partial charge in [-0.15, -0.1) is 0 Å². The summed E-state index contributed by atoms with van der Waals surface area (Å²) in [5.74, 6) is 2.14. The SMILES string of the molecule is C[C@@H](CCc1ccccc1)NC(=O)C1CCN(c2nccnc2Oc2ccccc2)CC1. The van der Waals surface area contributed by atoms with Crippen molar-refractivity contribution >= 4 is 11.7 Å². The second-order valence-corrected chi connectivity index (χ2v) is 8.30. The second-order valence-electron chi connectivity index (χ2n) is 8.30. The van der Waals surface area contributed by atoms with Crippen molar-refractivity contribution in [2.24, 2.45) is 5.92 Å². The van der Waals surface area contributed by atoms with Gasteiger partial charge in [-0.05, 0) is 50.3 Å². The monoisotopic (exact) mass is 430 g/mol. The molecular formula is C26H30N4O2. The molecule has 0 aliphatic carbocycles. The topological polar surface area (TPSA) is 67.4 Å². The highest BCUT2D eigenvalue weighted by Crippen LogP contribution is 2.30.